The van der Waals surface area contributed by atoms with Crippen molar-refractivity contribution < 1.29 is 9.47 Å². The third kappa shape index (κ3) is 1.77. The molecule has 0 amide bonds. The molecule has 1 aliphatic rings. The van der Waals surface area contributed by atoms with Crippen LogP contribution in [-0.4, -0.2) is 13.2 Å². The molecule has 0 aromatic heterocycles. The minimum absolute atomic E-state index is 0.762. The number of aryl methyl sites for hydroxylation is 1. The maximum atomic E-state index is 5.57. The van der Waals surface area contributed by atoms with Gasteiger partial charge in [0.15, 0.2) is 11.5 Å². The summed E-state index contributed by atoms with van der Waals surface area (Å²) in [6.45, 7) is 3.66. The fraction of sp³-hybridized carbons (Fsp3) is 0.455. The summed E-state index contributed by atoms with van der Waals surface area (Å²) in [6.07, 6.45) is 2.01. The second-order valence-electron chi connectivity index (χ2n) is 3.19. The van der Waals surface area contributed by atoms with E-state index in [9.17, 15) is 0 Å². The third-order valence-electron chi connectivity index (χ3n) is 2.22. The van der Waals surface area contributed by atoms with Gasteiger partial charge >= 0.3 is 0 Å². The molecule has 1 aromatic carbocycles. The van der Waals surface area contributed by atoms with Gasteiger partial charge in [0.1, 0.15) is 0 Å². The Kier molecular flexibility index (Phi) is 2.39. The van der Waals surface area contributed by atoms with E-state index >= 15 is 0 Å². The lowest BCUT2D eigenvalue weighted by molar-refractivity contribution is 0.297. The lowest BCUT2D eigenvalue weighted by atomic mass is 10.1. The quantitative estimate of drug-likeness (QED) is 0.657. The number of benzene rings is 1. The molecule has 0 fully saturated rings. The minimum atomic E-state index is 0.762. The topological polar surface area (TPSA) is 18.5 Å². The zero-order valence-corrected chi connectivity index (χ0v) is 7.88. The smallest absolute Gasteiger partial charge is 0.161 e. The van der Waals surface area contributed by atoms with Gasteiger partial charge in [-0.15, -0.1) is 0 Å². The Balaban J connectivity index is 2.32. The van der Waals surface area contributed by atoms with Crippen LogP contribution in [0, 0.1) is 0 Å². The molecule has 0 unspecified atom stereocenters. The molecule has 0 aliphatic carbocycles. The van der Waals surface area contributed by atoms with Gasteiger partial charge in [0.25, 0.3) is 0 Å². The van der Waals surface area contributed by atoms with Gasteiger partial charge in [-0.25, -0.2) is 0 Å². The first kappa shape index (κ1) is 8.42. The molecule has 0 spiro atoms. The average Bonchev–Trinajstić information content (AvgIpc) is 2.41. The van der Waals surface area contributed by atoms with Crippen LogP contribution in [0.2, 0.25) is 0 Å². The molecule has 0 bridgehead atoms. The molecule has 1 heterocycles. The Morgan fingerprint density at radius 3 is 2.69 bits per heavy atom. The molecule has 0 N–H and O–H groups in total. The van der Waals surface area contributed by atoms with E-state index in [1.807, 2.05) is 6.07 Å². The van der Waals surface area contributed by atoms with Gasteiger partial charge in [0.05, 0.1) is 13.2 Å². The van der Waals surface area contributed by atoms with Crippen LogP contribution in [0.1, 0.15) is 18.9 Å². The van der Waals surface area contributed by atoms with Crippen molar-refractivity contribution >= 4 is 0 Å². The van der Waals surface area contributed by atoms with Crippen LogP contribution in [0.25, 0.3) is 0 Å². The van der Waals surface area contributed by atoms with Gasteiger partial charge in [-0.2, -0.15) is 0 Å². The van der Waals surface area contributed by atoms with Crippen molar-refractivity contribution in [3.63, 3.8) is 0 Å². The summed E-state index contributed by atoms with van der Waals surface area (Å²) in [7, 11) is 0. The number of rotatable bonds is 1. The molecule has 70 valence electrons. The first-order valence-electron chi connectivity index (χ1n) is 4.78. The van der Waals surface area contributed by atoms with Crippen LogP contribution in [0.4, 0.5) is 0 Å². The van der Waals surface area contributed by atoms with Gasteiger partial charge in [-0.3, -0.25) is 0 Å². The molecule has 13 heavy (non-hydrogen) atoms. The molecule has 2 heteroatoms. The average molecular weight is 178 g/mol. The number of ether oxygens (including phenoxy) is 2. The van der Waals surface area contributed by atoms with Crippen molar-refractivity contribution in [3.05, 3.63) is 23.8 Å². The fourth-order valence-electron chi connectivity index (χ4n) is 1.43. The molecule has 0 radical (unpaired) electrons. The third-order valence-corrected chi connectivity index (χ3v) is 2.22. The predicted octanol–water partition coefficient (Wildman–Crippen LogP) is 2.41. The molecular formula is C11H14O2. The summed E-state index contributed by atoms with van der Waals surface area (Å²) in [4.78, 5) is 0. The highest BCUT2D eigenvalue weighted by atomic mass is 16.5. The van der Waals surface area contributed by atoms with E-state index in [4.69, 9.17) is 9.47 Å². The summed E-state index contributed by atoms with van der Waals surface area (Å²) in [5.74, 6) is 1.78. The molecule has 0 saturated heterocycles. The van der Waals surface area contributed by atoms with E-state index < -0.39 is 0 Å². The normalized spacial score (nSPS) is 15.2. The maximum Gasteiger partial charge on any atom is 0.161 e. The summed E-state index contributed by atoms with van der Waals surface area (Å²) < 4.78 is 11.1. The van der Waals surface area contributed by atoms with Crippen LogP contribution in [0.15, 0.2) is 18.2 Å². The van der Waals surface area contributed by atoms with Crippen LogP contribution >= 0.6 is 0 Å². The highest BCUT2D eigenvalue weighted by Crippen LogP contribution is 2.30. The molecule has 2 rings (SSSR count). The standard InChI is InChI=1S/C11H14O2/c1-2-9-4-5-10-11(8-9)13-7-3-6-12-10/h4-5,8H,2-3,6-7H2,1H3. The van der Waals surface area contributed by atoms with E-state index in [0.29, 0.717) is 0 Å². The second-order valence-corrected chi connectivity index (χ2v) is 3.19. The molecule has 0 atom stereocenters. The number of fused-ring (bicyclic) bond motifs is 1. The summed E-state index contributed by atoms with van der Waals surface area (Å²) in [5.41, 5.74) is 1.30. The summed E-state index contributed by atoms with van der Waals surface area (Å²) in [6, 6.07) is 6.16. The Morgan fingerprint density at radius 2 is 1.92 bits per heavy atom. The van der Waals surface area contributed by atoms with E-state index in [2.05, 4.69) is 19.1 Å². The number of hydrogen-bond donors (Lipinski definition) is 0. The summed E-state index contributed by atoms with van der Waals surface area (Å²) in [5, 5.41) is 0. The molecule has 1 aromatic rings. The summed E-state index contributed by atoms with van der Waals surface area (Å²) >= 11 is 0. The largest absolute Gasteiger partial charge is 0.490 e. The van der Waals surface area contributed by atoms with Gasteiger partial charge in [0, 0.05) is 6.42 Å². The molecule has 1 aliphatic heterocycles. The highest BCUT2D eigenvalue weighted by Gasteiger charge is 2.09. The van der Waals surface area contributed by atoms with Crippen molar-refractivity contribution in [1.82, 2.24) is 0 Å². The van der Waals surface area contributed by atoms with Crippen molar-refractivity contribution in [2.75, 3.05) is 13.2 Å². The lowest BCUT2D eigenvalue weighted by Crippen LogP contribution is -1.97. The molecule has 0 saturated carbocycles. The Morgan fingerprint density at radius 1 is 1.15 bits per heavy atom. The van der Waals surface area contributed by atoms with Crippen molar-refractivity contribution in [3.8, 4) is 11.5 Å². The van der Waals surface area contributed by atoms with Crippen LogP contribution < -0.4 is 9.47 Å². The Labute approximate surface area is 78.5 Å². The SMILES string of the molecule is CCc1ccc2c(c1)OCCCO2. The van der Waals surface area contributed by atoms with Crippen molar-refractivity contribution in [2.45, 2.75) is 19.8 Å². The van der Waals surface area contributed by atoms with Gasteiger partial charge < -0.3 is 9.47 Å². The molecule has 2 nitrogen and oxygen atoms in total. The van der Waals surface area contributed by atoms with Crippen LogP contribution in [0.3, 0.4) is 0 Å². The zero-order valence-electron chi connectivity index (χ0n) is 7.88. The Bertz CT molecular complexity index is 294. The van der Waals surface area contributed by atoms with Gasteiger partial charge in [-0.1, -0.05) is 13.0 Å². The van der Waals surface area contributed by atoms with E-state index in [1.54, 1.807) is 0 Å². The first-order valence-corrected chi connectivity index (χ1v) is 4.78. The number of hydrogen-bond acceptors (Lipinski definition) is 2. The highest BCUT2D eigenvalue weighted by molar-refractivity contribution is 5.43. The van der Waals surface area contributed by atoms with Gasteiger partial charge in [-0.05, 0) is 24.1 Å². The predicted molar refractivity (Wildman–Crippen MR) is 51.4 cm³/mol. The fourth-order valence-corrected chi connectivity index (χ4v) is 1.43. The zero-order chi connectivity index (χ0) is 9.10. The van der Waals surface area contributed by atoms with E-state index in [1.165, 1.54) is 5.56 Å². The van der Waals surface area contributed by atoms with Crippen LogP contribution in [0.5, 0.6) is 11.5 Å². The van der Waals surface area contributed by atoms with E-state index in [-0.39, 0.29) is 0 Å². The first-order chi connectivity index (χ1) is 6.40. The molecular weight excluding hydrogens is 164 g/mol. The van der Waals surface area contributed by atoms with Crippen molar-refractivity contribution in [1.29, 1.82) is 0 Å². The second kappa shape index (κ2) is 3.69. The van der Waals surface area contributed by atoms with Gasteiger partial charge in [0.2, 0.25) is 0 Å². The monoisotopic (exact) mass is 178 g/mol. The maximum absolute atomic E-state index is 5.57. The van der Waals surface area contributed by atoms with E-state index in [0.717, 1.165) is 37.6 Å². The minimum Gasteiger partial charge on any atom is -0.490 e. The van der Waals surface area contributed by atoms with Crippen LogP contribution in [-0.2, 0) is 6.42 Å². The Hall–Kier alpha value is -1.18. The van der Waals surface area contributed by atoms with Crippen molar-refractivity contribution in [2.24, 2.45) is 0 Å². The lowest BCUT2D eigenvalue weighted by Gasteiger charge is -2.07.